The minimum absolute atomic E-state index is 0.294. The molecule has 1 aromatic carbocycles. The number of carbonyl (C=O) groups excluding carboxylic acids is 1. The van der Waals surface area contributed by atoms with Crippen LogP contribution in [0.2, 0.25) is 0 Å². The van der Waals surface area contributed by atoms with Gasteiger partial charge in [0, 0.05) is 18.8 Å². The van der Waals surface area contributed by atoms with Gasteiger partial charge in [-0.2, -0.15) is 5.10 Å². The molecule has 0 spiro atoms. The highest BCUT2D eigenvalue weighted by atomic mass is 16.2. The second-order valence-corrected chi connectivity index (χ2v) is 3.63. The van der Waals surface area contributed by atoms with Gasteiger partial charge in [0.15, 0.2) is 5.82 Å². The fourth-order valence-electron chi connectivity index (χ4n) is 1.38. The maximum Gasteiger partial charge on any atom is 0.327 e. The third-order valence-corrected chi connectivity index (χ3v) is 2.36. The van der Waals surface area contributed by atoms with E-state index in [0.717, 1.165) is 5.69 Å². The van der Waals surface area contributed by atoms with E-state index in [-0.39, 0.29) is 11.6 Å². The topological polar surface area (TPSA) is 78.1 Å². The van der Waals surface area contributed by atoms with Crippen molar-refractivity contribution in [1.29, 1.82) is 0 Å². The molecule has 0 aliphatic rings. The number of urea groups is 1. The van der Waals surface area contributed by atoms with Crippen molar-refractivity contribution in [3.8, 4) is 0 Å². The predicted octanol–water partition coefficient (Wildman–Crippen LogP) is 1.44. The molecule has 2 aromatic rings. The molecule has 2 amide bonds. The van der Waals surface area contributed by atoms with E-state index in [1.165, 1.54) is 17.0 Å². The van der Waals surface area contributed by atoms with Gasteiger partial charge in [-0.3, -0.25) is 15.0 Å². The van der Waals surface area contributed by atoms with Crippen LogP contribution in [0.5, 0.6) is 0 Å². The van der Waals surface area contributed by atoms with Crippen molar-refractivity contribution in [1.82, 2.24) is 10.2 Å². The fraction of sp³-hybridized carbons (Fsp3) is 0.0833. The summed E-state index contributed by atoms with van der Waals surface area (Å²) in [5.41, 5.74) is 0.448. The van der Waals surface area contributed by atoms with Gasteiger partial charge in [-0.25, -0.2) is 9.89 Å². The lowest BCUT2D eigenvalue weighted by Gasteiger charge is -2.17. The van der Waals surface area contributed by atoms with Crippen molar-refractivity contribution in [3.63, 3.8) is 0 Å². The molecule has 0 fully saturated rings. The first-order valence-electron chi connectivity index (χ1n) is 5.32. The summed E-state index contributed by atoms with van der Waals surface area (Å²) >= 11 is 0. The van der Waals surface area contributed by atoms with Crippen molar-refractivity contribution >= 4 is 17.5 Å². The number of rotatable bonds is 2. The van der Waals surface area contributed by atoms with Crippen molar-refractivity contribution in [2.75, 3.05) is 17.3 Å². The molecule has 2 rings (SSSR count). The second-order valence-electron chi connectivity index (χ2n) is 3.63. The van der Waals surface area contributed by atoms with Crippen LogP contribution < -0.4 is 15.8 Å². The van der Waals surface area contributed by atoms with Crippen LogP contribution in [0.3, 0.4) is 0 Å². The summed E-state index contributed by atoms with van der Waals surface area (Å²) in [7, 11) is 1.65. The zero-order chi connectivity index (χ0) is 13.0. The van der Waals surface area contributed by atoms with Crippen LogP contribution in [0.1, 0.15) is 0 Å². The smallest absolute Gasteiger partial charge is 0.297 e. The Morgan fingerprint density at radius 3 is 2.56 bits per heavy atom. The Balaban J connectivity index is 2.08. The average molecular weight is 244 g/mol. The van der Waals surface area contributed by atoms with E-state index in [4.69, 9.17) is 0 Å². The molecule has 0 aliphatic carbocycles. The number of para-hydroxylation sites is 1. The number of hydrogen-bond acceptors (Lipinski definition) is 3. The highest BCUT2D eigenvalue weighted by Crippen LogP contribution is 2.12. The molecule has 0 unspecified atom stereocenters. The molecule has 1 heterocycles. The van der Waals surface area contributed by atoms with Crippen molar-refractivity contribution in [2.45, 2.75) is 0 Å². The summed E-state index contributed by atoms with van der Waals surface area (Å²) in [6.45, 7) is 0. The Labute approximate surface area is 103 Å². The molecule has 18 heavy (non-hydrogen) atoms. The average Bonchev–Trinajstić information content (AvgIpc) is 2.41. The zero-order valence-electron chi connectivity index (χ0n) is 9.75. The lowest BCUT2D eigenvalue weighted by molar-refractivity contribution is 0.258. The lowest BCUT2D eigenvalue weighted by atomic mass is 10.3. The molecule has 1 aromatic heterocycles. The van der Waals surface area contributed by atoms with Crippen LogP contribution in [-0.4, -0.2) is 23.3 Å². The van der Waals surface area contributed by atoms with Crippen molar-refractivity contribution in [2.24, 2.45) is 0 Å². The minimum Gasteiger partial charge on any atom is -0.297 e. The molecular weight excluding hydrogens is 232 g/mol. The van der Waals surface area contributed by atoms with Gasteiger partial charge >= 0.3 is 6.03 Å². The van der Waals surface area contributed by atoms with Gasteiger partial charge < -0.3 is 0 Å². The number of nitrogens with zero attached hydrogens (tertiary/aromatic N) is 2. The Bertz CT molecular complexity index is 574. The van der Waals surface area contributed by atoms with Gasteiger partial charge in [-0.15, -0.1) is 0 Å². The Morgan fingerprint density at radius 1 is 1.22 bits per heavy atom. The van der Waals surface area contributed by atoms with E-state index in [9.17, 15) is 9.59 Å². The van der Waals surface area contributed by atoms with Crippen LogP contribution >= 0.6 is 0 Å². The predicted molar refractivity (Wildman–Crippen MR) is 68.7 cm³/mol. The first-order chi connectivity index (χ1) is 8.66. The number of carbonyl (C=O) groups is 1. The molecule has 92 valence electrons. The zero-order valence-corrected chi connectivity index (χ0v) is 9.75. The third-order valence-electron chi connectivity index (χ3n) is 2.36. The van der Waals surface area contributed by atoms with Crippen LogP contribution in [0.15, 0.2) is 47.3 Å². The van der Waals surface area contributed by atoms with Crippen LogP contribution in [-0.2, 0) is 0 Å². The Hall–Kier alpha value is -2.63. The SMILES string of the molecule is CN(C(=O)Nc1ccc(=O)[nH]n1)c1ccccc1. The highest BCUT2D eigenvalue weighted by Gasteiger charge is 2.10. The molecule has 6 nitrogen and oxygen atoms in total. The fourth-order valence-corrected chi connectivity index (χ4v) is 1.38. The summed E-state index contributed by atoms with van der Waals surface area (Å²) in [6.07, 6.45) is 0. The summed E-state index contributed by atoms with van der Waals surface area (Å²) in [4.78, 5) is 24.2. The molecule has 0 bridgehead atoms. The Morgan fingerprint density at radius 2 is 1.94 bits per heavy atom. The van der Waals surface area contributed by atoms with Crippen LogP contribution in [0, 0.1) is 0 Å². The molecule has 0 radical (unpaired) electrons. The molecule has 2 N–H and O–H groups in total. The van der Waals surface area contributed by atoms with Gasteiger partial charge in [0.1, 0.15) is 0 Å². The summed E-state index contributed by atoms with van der Waals surface area (Å²) in [5, 5.41) is 8.52. The summed E-state index contributed by atoms with van der Waals surface area (Å²) < 4.78 is 0. The number of H-pyrrole nitrogens is 1. The molecule has 0 saturated carbocycles. The lowest BCUT2D eigenvalue weighted by Crippen LogP contribution is -2.31. The van der Waals surface area contributed by atoms with E-state index in [2.05, 4.69) is 15.5 Å². The molecule has 0 aliphatic heterocycles. The highest BCUT2D eigenvalue weighted by molar-refractivity contribution is 6.00. The maximum absolute atomic E-state index is 11.9. The number of amides is 2. The van der Waals surface area contributed by atoms with Gasteiger partial charge in [0.2, 0.25) is 0 Å². The number of anilines is 2. The largest absolute Gasteiger partial charge is 0.327 e. The third kappa shape index (κ3) is 2.73. The maximum atomic E-state index is 11.9. The number of benzene rings is 1. The van der Waals surface area contributed by atoms with Crippen LogP contribution in [0.25, 0.3) is 0 Å². The van der Waals surface area contributed by atoms with E-state index >= 15 is 0 Å². The van der Waals surface area contributed by atoms with Gasteiger partial charge in [0.25, 0.3) is 5.56 Å². The molecule has 6 heteroatoms. The normalized spacial score (nSPS) is 9.83. The number of aromatic nitrogens is 2. The van der Waals surface area contributed by atoms with Gasteiger partial charge in [-0.1, -0.05) is 18.2 Å². The quantitative estimate of drug-likeness (QED) is 0.839. The Kier molecular flexibility index (Phi) is 3.38. The first kappa shape index (κ1) is 11.8. The monoisotopic (exact) mass is 244 g/mol. The van der Waals surface area contributed by atoms with E-state index in [1.54, 1.807) is 7.05 Å². The van der Waals surface area contributed by atoms with E-state index in [0.29, 0.717) is 5.82 Å². The molecular formula is C12H12N4O2. The van der Waals surface area contributed by atoms with Crippen molar-refractivity contribution < 1.29 is 4.79 Å². The van der Waals surface area contributed by atoms with Crippen molar-refractivity contribution in [3.05, 3.63) is 52.8 Å². The van der Waals surface area contributed by atoms with Gasteiger partial charge in [-0.05, 0) is 18.2 Å². The first-order valence-corrected chi connectivity index (χ1v) is 5.32. The second kappa shape index (κ2) is 5.13. The van der Waals surface area contributed by atoms with Crippen LogP contribution in [0.4, 0.5) is 16.3 Å². The molecule has 0 atom stereocenters. The minimum atomic E-state index is -0.333. The molecule has 0 saturated heterocycles. The number of aromatic amines is 1. The number of nitrogens with one attached hydrogen (secondary N) is 2. The summed E-state index contributed by atoms with van der Waals surface area (Å²) in [6, 6.07) is 11.6. The standard InChI is InChI=1S/C12H12N4O2/c1-16(9-5-3-2-4-6-9)12(18)13-10-7-8-11(17)15-14-10/h2-8H,1H3,(H,15,17)(H,13,14,18). The van der Waals surface area contributed by atoms with E-state index in [1.807, 2.05) is 30.3 Å². The number of hydrogen-bond donors (Lipinski definition) is 2. The van der Waals surface area contributed by atoms with E-state index < -0.39 is 0 Å². The van der Waals surface area contributed by atoms with Gasteiger partial charge in [0.05, 0.1) is 0 Å². The summed E-state index contributed by atoms with van der Waals surface area (Å²) in [5.74, 6) is 0.294.